The highest BCUT2D eigenvalue weighted by molar-refractivity contribution is 5.83. The Morgan fingerprint density at radius 3 is 2.82 bits per heavy atom. The highest BCUT2D eigenvalue weighted by atomic mass is 16.2. The van der Waals surface area contributed by atoms with E-state index in [1.807, 2.05) is 0 Å². The molecule has 0 spiro atoms. The molecule has 1 amide bonds. The number of carbonyl (C=O) groups excluding carboxylic acids is 1. The molecule has 0 aromatic heterocycles. The van der Waals surface area contributed by atoms with E-state index in [0.29, 0.717) is 11.9 Å². The van der Waals surface area contributed by atoms with Crippen molar-refractivity contribution in [3.05, 3.63) is 0 Å². The van der Waals surface area contributed by atoms with Crippen LogP contribution in [0.4, 0.5) is 0 Å². The molecule has 17 heavy (non-hydrogen) atoms. The number of hydrogen-bond donors (Lipinski definition) is 1. The summed E-state index contributed by atoms with van der Waals surface area (Å²) in [6.45, 7) is 7.33. The van der Waals surface area contributed by atoms with Crippen molar-refractivity contribution < 1.29 is 4.79 Å². The van der Waals surface area contributed by atoms with E-state index in [4.69, 9.17) is 0 Å². The average Bonchev–Trinajstić information content (AvgIpc) is 2.76. The smallest absolute Gasteiger partial charge is 0.230 e. The monoisotopic (exact) mass is 238 g/mol. The summed E-state index contributed by atoms with van der Waals surface area (Å²) in [5, 5.41) is 3.43. The van der Waals surface area contributed by atoms with Crippen molar-refractivity contribution in [3.63, 3.8) is 0 Å². The fraction of sp³-hybridized carbons (Fsp3) is 0.929. The van der Waals surface area contributed by atoms with Crippen LogP contribution in [-0.2, 0) is 4.79 Å². The van der Waals surface area contributed by atoms with Crippen molar-refractivity contribution in [3.8, 4) is 0 Å². The van der Waals surface area contributed by atoms with Gasteiger partial charge in [-0.2, -0.15) is 0 Å². The number of nitrogens with one attached hydrogen (secondary N) is 1. The van der Waals surface area contributed by atoms with Gasteiger partial charge in [-0.05, 0) is 45.6 Å². The van der Waals surface area contributed by atoms with E-state index in [1.165, 1.54) is 12.8 Å². The Hall–Kier alpha value is -0.570. The number of piperidine rings is 1. The second-order valence-electron chi connectivity index (χ2n) is 5.80. The summed E-state index contributed by atoms with van der Waals surface area (Å²) >= 11 is 0. The van der Waals surface area contributed by atoms with E-state index in [1.54, 1.807) is 0 Å². The van der Waals surface area contributed by atoms with Crippen molar-refractivity contribution >= 4 is 5.91 Å². The molecule has 2 rings (SSSR count). The van der Waals surface area contributed by atoms with Crippen molar-refractivity contribution in [2.75, 3.05) is 19.6 Å². The fourth-order valence-corrected chi connectivity index (χ4v) is 3.49. The third-order valence-corrected chi connectivity index (χ3v) is 4.47. The van der Waals surface area contributed by atoms with Gasteiger partial charge in [0.05, 0.1) is 5.41 Å². The van der Waals surface area contributed by atoms with Crippen LogP contribution in [0.5, 0.6) is 0 Å². The van der Waals surface area contributed by atoms with Gasteiger partial charge in [0.25, 0.3) is 0 Å². The Kier molecular flexibility index (Phi) is 4.08. The molecule has 3 heteroatoms. The highest BCUT2D eigenvalue weighted by Gasteiger charge is 2.43. The Balaban J connectivity index is 2.11. The van der Waals surface area contributed by atoms with Crippen LogP contribution in [0.25, 0.3) is 0 Å². The topological polar surface area (TPSA) is 32.3 Å². The molecule has 3 nitrogen and oxygen atoms in total. The van der Waals surface area contributed by atoms with Gasteiger partial charge >= 0.3 is 0 Å². The van der Waals surface area contributed by atoms with E-state index >= 15 is 0 Å². The summed E-state index contributed by atoms with van der Waals surface area (Å²) in [4.78, 5) is 15.0. The third kappa shape index (κ3) is 2.49. The Bertz CT molecular complexity index is 266. The number of carbonyl (C=O) groups is 1. The summed E-state index contributed by atoms with van der Waals surface area (Å²) in [7, 11) is 0. The van der Waals surface area contributed by atoms with E-state index in [0.717, 1.165) is 45.3 Å². The lowest BCUT2D eigenvalue weighted by molar-refractivity contribution is -0.144. The zero-order valence-electron chi connectivity index (χ0n) is 11.3. The van der Waals surface area contributed by atoms with E-state index in [-0.39, 0.29) is 5.41 Å². The quantitative estimate of drug-likeness (QED) is 0.817. The van der Waals surface area contributed by atoms with Crippen molar-refractivity contribution in [1.29, 1.82) is 0 Å². The Morgan fingerprint density at radius 2 is 2.29 bits per heavy atom. The first-order valence-electron chi connectivity index (χ1n) is 7.21. The molecule has 2 unspecified atom stereocenters. The minimum Gasteiger partial charge on any atom is -0.339 e. The maximum absolute atomic E-state index is 12.8. The molecule has 2 aliphatic rings. The van der Waals surface area contributed by atoms with Gasteiger partial charge in [0.15, 0.2) is 0 Å². The van der Waals surface area contributed by atoms with Crippen LogP contribution in [0.3, 0.4) is 0 Å². The van der Waals surface area contributed by atoms with Gasteiger partial charge in [-0.25, -0.2) is 0 Å². The van der Waals surface area contributed by atoms with Crippen LogP contribution in [-0.4, -0.2) is 36.5 Å². The molecule has 2 heterocycles. The summed E-state index contributed by atoms with van der Waals surface area (Å²) in [5.41, 5.74) is -0.0917. The van der Waals surface area contributed by atoms with Crippen LogP contribution in [0.2, 0.25) is 0 Å². The number of hydrogen-bond acceptors (Lipinski definition) is 2. The lowest BCUT2D eigenvalue weighted by Gasteiger charge is -2.40. The predicted octanol–water partition coefficient (Wildman–Crippen LogP) is 2.17. The van der Waals surface area contributed by atoms with Gasteiger partial charge in [0.1, 0.15) is 0 Å². The van der Waals surface area contributed by atoms with Gasteiger partial charge in [-0.1, -0.05) is 13.3 Å². The zero-order chi connectivity index (χ0) is 12.3. The Morgan fingerprint density at radius 1 is 1.47 bits per heavy atom. The molecule has 0 radical (unpaired) electrons. The number of rotatable bonds is 3. The van der Waals surface area contributed by atoms with E-state index in [9.17, 15) is 4.79 Å². The summed E-state index contributed by atoms with van der Waals surface area (Å²) in [6.07, 6.45) is 6.74. The van der Waals surface area contributed by atoms with Crippen LogP contribution in [0, 0.1) is 5.41 Å². The number of nitrogens with zero attached hydrogens (tertiary/aromatic N) is 1. The molecule has 0 aromatic rings. The first-order valence-corrected chi connectivity index (χ1v) is 7.21. The maximum atomic E-state index is 12.8. The molecular weight excluding hydrogens is 212 g/mol. The Labute approximate surface area is 105 Å². The summed E-state index contributed by atoms with van der Waals surface area (Å²) in [5.74, 6) is 0.427. The molecule has 2 aliphatic heterocycles. The molecule has 0 bridgehead atoms. The van der Waals surface area contributed by atoms with Gasteiger partial charge < -0.3 is 10.2 Å². The van der Waals surface area contributed by atoms with Gasteiger partial charge in [0.2, 0.25) is 5.91 Å². The molecule has 2 fully saturated rings. The first kappa shape index (κ1) is 12.9. The molecule has 0 saturated carbocycles. The van der Waals surface area contributed by atoms with Gasteiger partial charge in [0, 0.05) is 19.1 Å². The average molecular weight is 238 g/mol. The standard InChI is InChI=1S/C14H26N2O/c1-3-7-14(8-5-9-15-11-14)13(17)16-10-4-6-12(16)2/h12,15H,3-11H2,1-2H3. The second kappa shape index (κ2) is 5.38. The van der Waals surface area contributed by atoms with Crippen molar-refractivity contribution in [2.45, 2.75) is 58.4 Å². The van der Waals surface area contributed by atoms with E-state index < -0.39 is 0 Å². The molecular formula is C14H26N2O. The van der Waals surface area contributed by atoms with Crippen molar-refractivity contribution in [2.24, 2.45) is 5.41 Å². The first-order chi connectivity index (χ1) is 8.19. The van der Waals surface area contributed by atoms with Gasteiger partial charge in [-0.3, -0.25) is 4.79 Å². The maximum Gasteiger partial charge on any atom is 0.230 e. The number of likely N-dealkylation sites (tertiary alicyclic amines) is 1. The molecule has 2 saturated heterocycles. The normalized spacial score (nSPS) is 34.0. The summed E-state index contributed by atoms with van der Waals surface area (Å²) < 4.78 is 0. The zero-order valence-corrected chi connectivity index (χ0v) is 11.3. The lowest BCUT2D eigenvalue weighted by Crippen LogP contribution is -2.52. The molecule has 98 valence electrons. The predicted molar refractivity (Wildman–Crippen MR) is 69.9 cm³/mol. The van der Waals surface area contributed by atoms with Crippen LogP contribution in [0.1, 0.15) is 52.4 Å². The number of amides is 1. The van der Waals surface area contributed by atoms with Crippen LogP contribution in [0.15, 0.2) is 0 Å². The SMILES string of the molecule is CCCC1(C(=O)N2CCCC2C)CCCNC1. The summed E-state index contributed by atoms with van der Waals surface area (Å²) in [6, 6.07) is 0.457. The lowest BCUT2D eigenvalue weighted by atomic mass is 9.75. The second-order valence-corrected chi connectivity index (χ2v) is 5.80. The minimum atomic E-state index is -0.0917. The molecule has 1 N–H and O–H groups in total. The van der Waals surface area contributed by atoms with Crippen molar-refractivity contribution in [1.82, 2.24) is 10.2 Å². The molecule has 0 aliphatic carbocycles. The van der Waals surface area contributed by atoms with Gasteiger partial charge in [-0.15, -0.1) is 0 Å². The van der Waals surface area contributed by atoms with Crippen LogP contribution < -0.4 is 5.32 Å². The minimum absolute atomic E-state index is 0.0917. The highest BCUT2D eigenvalue weighted by Crippen LogP contribution is 2.36. The molecule has 2 atom stereocenters. The third-order valence-electron chi connectivity index (χ3n) is 4.47. The van der Waals surface area contributed by atoms with Crippen LogP contribution >= 0.6 is 0 Å². The fourth-order valence-electron chi connectivity index (χ4n) is 3.49. The van der Waals surface area contributed by atoms with E-state index in [2.05, 4.69) is 24.1 Å². The molecule has 0 aromatic carbocycles. The largest absolute Gasteiger partial charge is 0.339 e.